The van der Waals surface area contributed by atoms with Crippen LogP contribution in [0.4, 0.5) is 11.4 Å². The average molecular weight is 230 g/mol. The number of carbonyl (C=O) groups excluding carboxylic acids is 1. The molecule has 0 saturated heterocycles. The van der Waals surface area contributed by atoms with Gasteiger partial charge in [0.1, 0.15) is 0 Å². The molecule has 1 aromatic rings. The van der Waals surface area contributed by atoms with Crippen molar-refractivity contribution in [3.05, 3.63) is 48.8 Å². The molecule has 0 spiro atoms. The summed E-state index contributed by atoms with van der Waals surface area (Å²) in [6.45, 7) is 5.44. The van der Waals surface area contributed by atoms with Crippen LogP contribution in [0.5, 0.6) is 0 Å². The Morgan fingerprint density at radius 3 is 2.41 bits per heavy atom. The van der Waals surface area contributed by atoms with Crippen molar-refractivity contribution in [2.45, 2.75) is 20.8 Å². The van der Waals surface area contributed by atoms with Crippen molar-refractivity contribution in [3.8, 4) is 0 Å². The van der Waals surface area contributed by atoms with E-state index < -0.39 is 0 Å². The van der Waals surface area contributed by atoms with Crippen molar-refractivity contribution in [2.75, 3.05) is 10.2 Å². The van der Waals surface area contributed by atoms with Gasteiger partial charge in [-0.3, -0.25) is 4.79 Å². The average Bonchev–Trinajstić information content (AvgIpc) is 2.28. The normalized spacial score (nSPS) is 11.0. The number of allylic oxidation sites excluding steroid dienone is 2. The van der Waals surface area contributed by atoms with Crippen LogP contribution in [-0.4, -0.2) is 5.91 Å². The van der Waals surface area contributed by atoms with Crippen LogP contribution in [0, 0.1) is 0 Å². The van der Waals surface area contributed by atoms with E-state index in [4.69, 9.17) is 0 Å². The molecule has 1 rings (SSSR count). The molecule has 1 amide bonds. The zero-order chi connectivity index (χ0) is 12.7. The van der Waals surface area contributed by atoms with E-state index in [-0.39, 0.29) is 5.91 Å². The van der Waals surface area contributed by atoms with E-state index in [2.05, 4.69) is 5.32 Å². The molecular formula is C14H18N2O. The Balaban J connectivity index is 2.99. The molecule has 0 aliphatic carbocycles. The smallest absolute Gasteiger partial charge is 0.221 e. The highest BCUT2D eigenvalue weighted by Crippen LogP contribution is 2.20. The third-order valence-corrected chi connectivity index (χ3v) is 2.08. The molecular weight excluding hydrogens is 212 g/mol. The van der Waals surface area contributed by atoms with Crippen LogP contribution in [0.25, 0.3) is 0 Å². The summed E-state index contributed by atoms with van der Waals surface area (Å²) in [4.78, 5) is 13.0. The molecule has 0 bridgehead atoms. The third kappa shape index (κ3) is 4.15. The fourth-order valence-electron chi connectivity index (χ4n) is 1.49. The van der Waals surface area contributed by atoms with Gasteiger partial charge in [-0.05, 0) is 32.0 Å². The summed E-state index contributed by atoms with van der Waals surface area (Å²) in [5.41, 5.74) is 1.81. The lowest BCUT2D eigenvalue weighted by molar-refractivity contribution is -0.114. The molecule has 0 fully saturated rings. The van der Waals surface area contributed by atoms with Crippen molar-refractivity contribution < 1.29 is 4.79 Å². The molecule has 0 atom stereocenters. The molecule has 3 heteroatoms. The van der Waals surface area contributed by atoms with Crippen LogP contribution in [0.15, 0.2) is 48.8 Å². The topological polar surface area (TPSA) is 32.3 Å². The lowest BCUT2D eigenvalue weighted by Crippen LogP contribution is -2.09. The summed E-state index contributed by atoms with van der Waals surface area (Å²) in [7, 11) is 0. The van der Waals surface area contributed by atoms with Gasteiger partial charge in [0.15, 0.2) is 0 Å². The summed E-state index contributed by atoms with van der Waals surface area (Å²) in [5, 5.41) is 2.77. The number of amides is 1. The molecule has 1 aromatic carbocycles. The summed E-state index contributed by atoms with van der Waals surface area (Å²) in [6.07, 6.45) is 7.86. The van der Waals surface area contributed by atoms with Gasteiger partial charge in [0.2, 0.25) is 5.91 Å². The molecule has 1 N–H and O–H groups in total. The van der Waals surface area contributed by atoms with Gasteiger partial charge in [-0.2, -0.15) is 0 Å². The third-order valence-electron chi connectivity index (χ3n) is 2.08. The van der Waals surface area contributed by atoms with E-state index in [9.17, 15) is 4.79 Å². The first-order valence-electron chi connectivity index (χ1n) is 5.59. The quantitative estimate of drug-likeness (QED) is 0.858. The molecule has 90 valence electrons. The number of anilines is 2. The molecule has 0 unspecified atom stereocenters. The SMILES string of the molecule is C/C=C\N(/C=C\C)c1cccc(NC(C)=O)c1. The Hall–Kier alpha value is -2.03. The van der Waals surface area contributed by atoms with E-state index >= 15 is 0 Å². The van der Waals surface area contributed by atoms with Crippen LogP contribution < -0.4 is 10.2 Å². The fourth-order valence-corrected chi connectivity index (χ4v) is 1.49. The van der Waals surface area contributed by atoms with Gasteiger partial charge >= 0.3 is 0 Å². The fraction of sp³-hybridized carbons (Fsp3) is 0.214. The van der Waals surface area contributed by atoms with Crippen LogP contribution >= 0.6 is 0 Å². The first-order chi connectivity index (χ1) is 8.17. The Morgan fingerprint density at radius 1 is 1.24 bits per heavy atom. The van der Waals surface area contributed by atoms with Crippen molar-refractivity contribution in [1.82, 2.24) is 0 Å². The van der Waals surface area contributed by atoms with Crippen LogP contribution in [0.3, 0.4) is 0 Å². The number of benzene rings is 1. The Bertz CT molecular complexity index is 424. The molecule has 3 nitrogen and oxygen atoms in total. The zero-order valence-electron chi connectivity index (χ0n) is 10.5. The predicted molar refractivity (Wildman–Crippen MR) is 72.9 cm³/mol. The zero-order valence-corrected chi connectivity index (χ0v) is 10.5. The van der Waals surface area contributed by atoms with Gasteiger partial charge < -0.3 is 10.2 Å². The van der Waals surface area contributed by atoms with Crippen LogP contribution in [-0.2, 0) is 4.79 Å². The lowest BCUT2D eigenvalue weighted by atomic mass is 10.2. The second-order valence-electron chi connectivity index (χ2n) is 3.60. The van der Waals surface area contributed by atoms with Gasteiger partial charge in [0.25, 0.3) is 0 Å². The summed E-state index contributed by atoms with van der Waals surface area (Å²) in [6, 6.07) is 7.71. The van der Waals surface area contributed by atoms with E-state index in [1.165, 1.54) is 6.92 Å². The maximum absolute atomic E-state index is 11.0. The highest BCUT2D eigenvalue weighted by atomic mass is 16.1. The summed E-state index contributed by atoms with van der Waals surface area (Å²) < 4.78 is 0. The van der Waals surface area contributed by atoms with Gasteiger partial charge in [0, 0.05) is 30.7 Å². The van der Waals surface area contributed by atoms with Crippen molar-refractivity contribution in [1.29, 1.82) is 0 Å². The maximum Gasteiger partial charge on any atom is 0.221 e. The van der Waals surface area contributed by atoms with E-state index in [0.717, 1.165) is 11.4 Å². The van der Waals surface area contributed by atoms with E-state index in [0.29, 0.717) is 0 Å². The largest absolute Gasteiger partial charge is 0.326 e. The number of carbonyl (C=O) groups is 1. The molecule has 0 aliphatic heterocycles. The second-order valence-corrected chi connectivity index (χ2v) is 3.60. The molecule has 0 heterocycles. The van der Waals surface area contributed by atoms with Crippen molar-refractivity contribution in [2.24, 2.45) is 0 Å². The molecule has 0 radical (unpaired) electrons. The number of nitrogens with zero attached hydrogens (tertiary/aromatic N) is 1. The predicted octanol–water partition coefficient (Wildman–Crippen LogP) is 3.52. The van der Waals surface area contributed by atoms with Gasteiger partial charge in [0.05, 0.1) is 0 Å². The number of hydrogen-bond acceptors (Lipinski definition) is 2. The number of rotatable bonds is 4. The lowest BCUT2D eigenvalue weighted by Gasteiger charge is -2.16. The first-order valence-corrected chi connectivity index (χ1v) is 5.59. The first kappa shape index (κ1) is 13.0. The van der Waals surface area contributed by atoms with E-state index in [1.54, 1.807) is 0 Å². The molecule has 0 aromatic heterocycles. The minimum absolute atomic E-state index is 0.0641. The number of nitrogens with one attached hydrogen (secondary N) is 1. The van der Waals surface area contributed by atoms with Gasteiger partial charge in [-0.15, -0.1) is 0 Å². The monoisotopic (exact) mass is 230 g/mol. The van der Waals surface area contributed by atoms with Crippen molar-refractivity contribution in [3.63, 3.8) is 0 Å². The van der Waals surface area contributed by atoms with Gasteiger partial charge in [-0.1, -0.05) is 18.2 Å². The molecule has 0 saturated carbocycles. The Labute approximate surface area is 102 Å². The summed E-state index contributed by atoms with van der Waals surface area (Å²) >= 11 is 0. The second kappa shape index (κ2) is 6.53. The minimum Gasteiger partial charge on any atom is -0.326 e. The highest BCUT2D eigenvalue weighted by molar-refractivity contribution is 5.89. The summed E-state index contributed by atoms with van der Waals surface area (Å²) in [5.74, 6) is -0.0641. The van der Waals surface area contributed by atoms with Crippen LogP contribution in [0.2, 0.25) is 0 Å². The number of hydrogen-bond donors (Lipinski definition) is 1. The molecule has 17 heavy (non-hydrogen) atoms. The van der Waals surface area contributed by atoms with Gasteiger partial charge in [-0.25, -0.2) is 0 Å². The maximum atomic E-state index is 11.0. The Kier molecular flexibility index (Phi) is 5.01. The molecule has 0 aliphatic rings. The standard InChI is InChI=1S/C14H18N2O/c1-4-9-16(10-5-2)14-8-6-7-13(11-14)15-12(3)17/h4-11H,1-3H3,(H,15,17)/b9-4-,10-5-. The Morgan fingerprint density at radius 2 is 1.88 bits per heavy atom. The van der Waals surface area contributed by atoms with E-state index in [1.807, 2.05) is 67.6 Å². The van der Waals surface area contributed by atoms with Crippen LogP contribution in [0.1, 0.15) is 20.8 Å². The highest BCUT2D eigenvalue weighted by Gasteiger charge is 2.01. The minimum atomic E-state index is -0.0641. The van der Waals surface area contributed by atoms with Crippen molar-refractivity contribution >= 4 is 17.3 Å².